The van der Waals surface area contributed by atoms with Crippen LogP contribution in [0, 0.1) is 0 Å². The number of nitrogens with one attached hydrogen (secondary N) is 2. The molecule has 0 bridgehead atoms. The van der Waals surface area contributed by atoms with Crippen LogP contribution in [0.5, 0.6) is 0 Å². The van der Waals surface area contributed by atoms with Gasteiger partial charge in [0.05, 0.1) is 31.8 Å². The topological polar surface area (TPSA) is 99.3 Å². The maximum atomic E-state index is 13.2. The van der Waals surface area contributed by atoms with Crippen LogP contribution in [0.3, 0.4) is 0 Å². The van der Waals surface area contributed by atoms with Gasteiger partial charge in [-0.1, -0.05) is 6.07 Å². The van der Waals surface area contributed by atoms with Crippen molar-refractivity contribution in [2.75, 3.05) is 49.6 Å². The van der Waals surface area contributed by atoms with E-state index in [1.807, 2.05) is 30.6 Å². The number of pyridine rings is 2. The summed E-state index contributed by atoms with van der Waals surface area (Å²) in [5, 5.41) is 10.6. The summed E-state index contributed by atoms with van der Waals surface area (Å²) in [5.41, 5.74) is 4.40. The van der Waals surface area contributed by atoms with E-state index in [0.717, 1.165) is 55.1 Å². The van der Waals surface area contributed by atoms with Gasteiger partial charge in [-0.05, 0) is 35.4 Å². The second-order valence-electron chi connectivity index (χ2n) is 9.37. The smallest absolute Gasteiger partial charge is 0.282 e. The summed E-state index contributed by atoms with van der Waals surface area (Å²) in [4.78, 5) is 25.5. The first-order valence-corrected chi connectivity index (χ1v) is 12.1. The third kappa shape index (κ3) is 5.00. The Morgan fingerprint density at radius 1 is 1.08 bits per heavy atom. The molecule has 0 aliphatic carbocycles. The quantitative estimate of drug-likeness (QED) is 0.413. The van der Waals surface area contributed by atoms with Gasteiger partial charge < -0.3 is 15.0 Å². The maximum Gasteiger partial charge on any atom is 0.282 e. The SMILES string of the molecule is O=C(Nc1ccnc(N2CC(F)(F)C2)c1)c1n[nH]c2ccc(-c3cncc(CN4CCOCC4)c3)cc12. The Kier molecular flexibility index (Phi) is 6.01. The Morgan fingerprint density at radius 2 is 1.92 bits per heavy atom. The Balaban J connectivity index is 1.21. The minimum Gasteiger partial charge on any atom is -0.379 e. The first-order chi connectivity index (χ1) is 17.9. The van der Waals surface area contributed by atoms with Crippen molar-refractivity contribution in [3.8, 4) is 11.1 Å². The fourth-order valence-electron chi connectivity index (χ4n) is 4.65. The summed E-state index contributed by atoms with van der Waals surface area (Å²) in [5.74, 6) is -2.72. The van der Waals surface area contributed by atoms with Gasteiger partial charge in [0.2, 0.25) is 0 Å². The molecule has 2 aliphatic rings. The number of amides is 1. The van der Waals surface area contributed by atoms with E-state index in [0.29, 0.717) is 16.9 Å². The van der Waals surface area contributed by atoms with Gasteiger partial charge in [-0.3, -0.25) is 19.8 Å². The zero-order valence-corrected chi connectivity index (χ0v) is 20.0. The number of fused-ring (bicyclic) bond motifs is 1. The molecule has 1 amide bonds. The molecule has 37 heavy (non-hydrogen) atoms. The molecule has 0 spiro atoms. The van der Waals surface area contributed by atoms with Crippen LogP contribution in [0.2, 0.25) is 0 Å². The third-order valence-corrected chi connectivity index (χ3v) is 6.59. The Bertz CT molecular complexity index is 1440. The lowest BCUT2D eigenvalue weighted by Crippen LogP contribution is -2.56. The largest absolute Gasteiger partial charge is 0.379 e. The molecular formula is C26H25F2N7O2. The highest BCUT2D eigenvalue weighted by Crippen LogP contribution is 2.32. The van der Waals surface area contributed by atoms with E-state index in [-0.39, 0.29) is 18.8 Å². The molecule has 1 aromatic carbocycles. The molecule has 0 atom stereocenters. The van der Waals surface area contributed by atoms with Crippen molar-refractivity contribution in [1.29, 1.82) is 0 Å². The van der Waals surface area contributed by atoms with Crippen molar-refractivity contribution in [3.05, 3.63) is 66.2 Å². The fraction of sp³-hybridized carbons (Fsp3) is 0.308. The van der Waals surface area contributed by atoms with E-state index >= 15 is 0 Å². The van der Waals surface area contributed by atoms with Crippen molar-refractivity contribution in [3.63, 3.8) is 0 Å². The highest BCUT2D eigenvalue weighted by atomic mass is 19.3. The molecule has 9 nitrogen and oxygen atoms in total. The number of alkyl halides is 2. The van der Waals surface area contributed by atoms with Gasteiger partial charge in [0, 0.05) is 60.9 Å². The summed E-state index contributed by atoms with van der Waals surface area (Å²) >= 11 is 0. The van der Waals surface area contributed by atoms with E-state index in [1.54, 1.807) is 12.1 Å². The molecule has 4 aromatic rings. The number of hydrogen-bond donors (Lipinski definition) is 2. The van der Waals surface area contributed by atoms with Crippen molar-refractivity contribution < 1.29 is 18.3 Å². The van der Waals surface area contributed by atoms with Gasteiger partial charge in [0.15, 0.2) is 5.69 Å². The number of nitrogens with zero attached hydrogens (tertiary/aromatic N) is 5. The number of hydrogen-bond acceptors (Lipinski definition) is 7. The van der Waals surface area contributed by atoms with Crippen LogP contribution in [0.15, 0.2) is 55.0 Å². The molecule has 0 radical (unpaired) electrons. The summed E-state index contributed by atoms with van der Waals surface area (Å²) in [7, 11) is 0. The lowest BCUT2D eigenvalue weighted by molar-refractivity contribution is -0.0267. The zero-order valence-electron chi connectivity index (χ0n) is 20.0. The molecule has 190 valence electrons. The monoisotopic (exact) mass is 505 g/mol. The van der Waals surface area contributed by atoms with E-state index in [1.165, 1.54) is 11.1 Å². The number of benzene rings is 1. The number of rotatable bonds is 6. The third-order valence-electron chi connectivity index (χ3n) is 6.59. The summed E-state index contributed by atoms with van der Waals surface area (Å²) < 4.78 is 31.9. The second-order valence-corrected chi connectivity index (χ2v) is 9.37. The number of halogens is 2. The van der Waals surface area contributed by atoms with Crippen LogP contribution in [0.4, 0.5) is 20.3 Å². The second kappa shape index (κ2) is 9.49. The van der Waals surface area contributed by atoms with Gasteiger partial charge in [-0.15, -0.1) is 0 Å². The number of carbonyl (C=O) groups is 1. The number of carbonyl (C=O) groups excluding carboxylic acids is 1. The lowest BCUT2D eigenvalue weighted by Gasteiger charge is -2.39. The van der Waals surface area contributed by atoms with Crippen molar-refractivity contribution in [2.24, 2.45) is 0 Å². The van der Waals surface area contributed by atoms with Crippen LogP contribution in [0.1, 0.15) is 16.1 Å². The zero-order chi connectivity index (χ0) is 25.4. The number of aromatic nitrogens is 4. The standard InChI is InChI=1S/C26H25F2N7O2/c27-26(28)15-35(16-26)23-11-20(3-4-30-23)31-25(36)24-21-10-18(1-2-22(21)32-33-24)19-9-17(12-29-13-19)14-34-5-7-37-8-6-34/h1-4,9-13H,5-8,14-16H2,(H,32,33)(H,30,31,36). The Hall–Kier alpha value is -3.96. The first-order valence-electron chi connectivity index (χ1n) is 12.1. The fourth-order valence-corrected chi connectivity index (χ4v) is 4.65. The van der Waals surface area contributed by atoms with Gasteiger partial charge in [0.1, 0.15) is 5.82 Å². The Labute approximate surface area is 211 Å². The molecule has 2 aliphatic heterocycles. The van der Waals surface area contributed by atoms with Crippen LogP contribution in [-0.4, -0.2) is 76.3 Å². The minimum atomic E-state index is -2.70. The van der Waals surface area contributed by atoms with Gasteiger partial charge in [0.25, 0.3) is 11.8 Å². The van der Waals surface area contributed by atoms with E-state index in [9.17, 15) is 13.6 Å². The Morgan fingerprint density at radius 3 is 2.73 bits per heavy atom. The van der Waals surface area contributed by atoms with Crippen LogP contribution < -0.4 is 10.2 Å². The van der Waals surface area contributed by atoms with E-state index in [2.05, 4.69) is 36.4 Å². The summed E-state index contributed by atoms with van der Waals surface area (Å²) in [6, 6.07) is 11.1. The predicted octanol–water partition coefficient (Wildman–Crippen LogP) is 3.56. The normalized spacial score (nSPS) is 17.5. The summed E-state index contributed by atoms with van der Waals surface area (Å²) in [6.45, 7) is 3.31. The summed E-state index contributed by atoms with van der Waals surface area (Å²) in [6.07, 6.45) is 5.17. The molecule has 2 N–H and O–H groups in total. The molecule has 0 saturated carbocycles. The predicted molar refractivity (Wildman–Crippen MR) is 135 cm³/mol. The molecule has 11 heteroatoms. The molecule has 0 unspecified atom stereocenters. The number of anilines is 2. The average Bonchev–Trinajstić information content (AvgIpc) is 3.32. The van der Waals surface area contributed by atoms with Gasteiger partial charge >= 0.3 is 0 Å². The number of H-pyrrole nitrogens is 1. The molecular weight excluding hydrogens is 480 g/mol. The van der Waals surface area contributed by atoms with Crippen LogP contribution >= 0.6 is 0 Å². The van der Waals surface area contributed by atoms with E-state index in [4.69, 9.17) is 4.74 Å². The molecule has 2 fully saturated rings. The molecule has 2 saturated heterocycles. The van der Waals surface area contributed by atoms with Crippen molar-refractivity contribution in [2.45, 2.75) is 12.5 Å². The van der Waals surface area contributed by atoms with E-state index < -0.39 is 11.8 Å². The molecule has 5 heterocycles. The number of morpholine rings is 1. The number of aromatic amines is 1. The van der Waals surface area contributed by atoms with Gasteiger partial charge in [-0.25, -0.2) is 13.8 Å². The van der Waals surface area contributed by atoms with Crippen molar-refractivity contribution >= 4 is 28.3 Å². The molecule has 6 rings (SSSR count). The molecule has 3 aromatic heterocycles. The minimum absolute atomic E-state index is 0.239. The van der Waals surface area contributed by atoms with Crippen LogP contribution in [-0.2, 0) is 11.3 Å². The maximum absolute atomic E-state index is 13.2. The van der Waals surface area contributed by atoms with Crippen LogP contribution in [0.25, 0.3) is 22.0 Å². The first kappa shape index (κ1) is 23.4. The highest BCUT2D eigenvalue weighted by molar-refractivity contribution is 6.11. The lowest BCUT2D eigenvalue weighted by atomic mass is 10.0. The number of ether oxygens (including phenoxy) is 1. The average molecular weight is 506 g/mol. The van der Waals surface area contributed by atoms with Crippen molar-refractivity contribution in [1.82, 2.24) is 25.1 Å². The highest BCUT2D eigenvalue weighted by Gasteiger charge is 2.44. The van der Waals surface area contributed by atoms with Gasteiger partial charge in [-0.2, -0.15) is 5.10 Å².